The fraction of sp³-hybridized carbons (Fsp3) is 0.345. The summed E-state index contributed by atoms with van der Waals surface area (Å²) in [5.41, 5.74) is 5.78. The predicted octanol–water partition coefficient (Wildman–Crippen LogP) is 6.87. The number of nitrogens with one attached hydrogen (secondary N) is 1. The van der Waals surface area contributed by atoms with E-state index in [2.05, 4.69) is 10.2 Å². The summed E-state index contributed by atoms with van der Waals surface area (Å²) < 4.78 is 25.1. The quantitative estimate of drug-likeness (QED) is 0.309. The van der Waals surface area contributed by atoms with Gasteiger partial charge < -0.3 is 14.8 Å². The molecule has 0 aromatic heterocycles. The number of carbonyl (C=O) groups is 1. The van der Waals surface area contributed by atoms with E-state index in [1.807, 2.05) is 90.3 Å². The molecule has 1 amide bonds. The summed E-state index contributed by atoms with van der Waals surface area (Å²) in [5, 5.41) is 2.12. The van der Waals surface area contributed by atoms with Crippen molar-refractivity contribution >= 4 is 34.3 Å². The normalized spacial score (nSPS) is 13.3. The van der Waals surface area contributed by atoms with Crippen molar-refractivity contribution in [2.24, 2.45) is 0 Å². The Morgan fingerprint density at radius 3 is 2.00 bits per heavy atom. The maximum absolute atomic E-state index is 13.4. The van der Waals surface area contributed by atoms with Crippen molar-refractivity contribution in [2.45, 2.75) is 51.3 Å². The summed E-state index contributed by atoms with van der Waals surface area (Å²) in [5.74, 6) is -0.565. The molecule has 0 spiro atoms. The van der Waals surface area contributed by atoms with Crippen LogP contribution in [-0.2, 0) is 22.4 Å². The lowest BCUT2D eigenvalue weighted by Crippen LogP contribution is -2.27. The summed E-state index contributed by atoms with van der Waals surface area (Å²) >= 11 is 3.57. The van der Waals surface area contributed by atoms with Crippen LogP contribution in [0.3, 0.4) is 0 Å². The third-order valence-electron chi connectivity index (χ3n) is 6.06. The summed E-state index contributed by atoms with van der Waals surface area (Å²) in [6.07, 6.45) is 0. The molecule has 0 aliphatic rings. The Labute approximate surface area is 222 Å². The van der Waals surface area contributed by atoms with Gasteiger partial charge in [0.25, 0.3) is 0 Å². The molecule has 3 aromatic rings. The number of rotatable bonds is 9. The first-order valence-corrected chi connectivity index (χ1v) is 13.6. The number of benzene rings is 3. The molecular weight excluding hydrogens is 492 g/mol. The second kappa shape index (κ2) is 12.2. The molecule has 7 heteroatoms. The summed E-state index contributed by atoms with van der Waals surface area (Å²) in [4.78, 5) is 15.5. The fourth-order valence-electron chi connectivity index (χ4n) is 4.37. The van der Waals surface area contributed by atoms with Crippen molar-refractivity contribution in [2.75, 3.05) is 19.4 Å². The van der Waals surface area contributed by atoms with E-state index in [0.29, 0.717) is 16.3 Å². The molecule has 0 heterocycles. The van der Waals surface area contributed by atoms with Crippen LogP contribution in [0.1, 0.15) is 67.0 Å². The minimum Gasteiger partial charge on any atom is -0.771 e. The Morgan fingerprint density at radius 1 is 0.944 bits per heavy atom. The molecule has 0 bridgehead atoms. The van der Waals surface area contributed by atoms with Gasteiger partial charge in [0.05, 0.1) is 0 Å². The molecule has 5 nitrogen and oxygen atoms in total. The first-order valence-electron chi connectivity index (χ1n) is 12.0. The van der Waals surface area contributed by atoms with Crippen LogP contribution < -0.4 is 5.32 Å². The van der Waals surface area contributed by atoms with E-state index in [4.69, 9.17) is 11.6 Å². The Bertz CT molecular complexity index is 1210. The third kappa shape index (κ3) is 6.83. The zero-order valence-corrected chi connectivity index (χ0v) is 23.2. The van der Waals surface area contributed by atoms with Crippen LogP contribution in [0.4, 0.5) is 5.69 Å². The topological polar surface area (TPSA) is 72.5 Å². The average molecular weight is 526 g/mol. The molecule has 3 rings (SSSR count). The van der Waals surface area contributed by atoms with E-state index in [-0.39, 0.29) is 11.8 Å². The minimum absolute atomic E-state index is 0.000742. The van der Waals surface area contributed by atoms with E-state index in [1.165, 1.54) is 0 Å². The van der Waals surface area contributed by atoms with Gasteiger partial charge in [0.1, 0.15) is 5.25 Å². The molecule has 36 heavy (non-hydrogen) atoms. The molecule has 2 atom stereocenters. The van der Waals surface area contributed by atoms with Crippen LogP contribution >= 0.6 is 11.6 Å². The molecule has 0 radical (unpaired) electrons. The highest BCUT2D eigenvalue weighted by Crippen LogP contribution is 2.39. The van der Waals surface area contributed by atoms with Gasteiger partial charge in [0, 0.05) is 17.3 Å². The lowest BCUT2D eigenvalue weighted by atomic mass is 9.83. The van der Waals surface area contributed by atoms with Crippen molar-refractivity contribution in [3.8, 4) is 11.1 Å². The molecule has 0 aliphatic heterocycles. The molecule has 192 valence electrons. The number of halogens is 1. The number of hydrogen-bond acceptors (Lipinski definition) is 4. The lowest BCUT2D eigenvalue weighted by molar-refractivity contribution is -0.116. The Morgan fingerprint density at radius 2 is 1.53 bits per heavy atom. The van der Waals surface area contributed by atoms with Crippen LogP contribution in [0, 0.1) is 0 Å². The molecule has 0 saturated heterocycles. The van der Waals surface area contributed by atoms with Crippen LogP contribution in [0.25, 0.3) is 11.1 Å². The monoisotopic (exact) mass is 525 g/mol. The zero-order valence-electron chi connectivity index (χ0n) is 21.7. The van der Waals surface area contributed by atoms with Crippen molar-refractivity contribution in [1.82, 2.24) is 4.90 Å². The average Bonchev–Trinajstić information content (AvgIpc) is 2.79. The highest BCUT2D eigenvalue weighted by Gasteiger charge is 2.30. The summed E-state index contributed by atoms with van der Waals surface area (Å²) in [6.45, 7) is 8.82. The Kier molecular flexibility index (Phi) is 9.47. The molecule has 2 unspecified atom stereocenters. The van der Waals surface area contributed by atoms with Gasteiger partial charge in [0.2, 0.25) is 5.91 Å². The number of carbonyl (C=O) groups excluding carboxylic acids is 1. The zero-order chi connectivity index (χ0) is 26.6. The van der Waals surface area contributed by atoms with Gasteiger partial charge >= 0.3 is 0 Å². The highest BCUT2D eigenvalue weighted by atomic mass is 35.5. The largest absolute Gasteiger partial charge is 0.771 e. The smallest absolute Gasteiger partial charge is 0.243 e. The van der Waals surface area contributed by atoms with Gasteiger partial charge in [-0.1, -0.05) is 75.7 Å². The van der Waals surface area contributed by atoms with Crippen LogP contribution in [0.5, 0.6) is 0 Å². The minimum atomic E-state index is -2.67. The Hall–Kier alpha value is -2.51. The lowest BCUT2D eigenvalue weighted by Gasteiger charge is -2.28. The third-order valence-corrected chi connectivity index (χ3v) is 7.13. The van der Waals surface area contributed by atoms with Crippen LogP contribution in [0.15, 0.2) is 60.7 Å². The maximum Gasteiger partial charge on any atom is 0.243 e. The highest BCUT2D eigenvalue weighted by molar-refractivity contribution is 7.80. The number of hydrogen-bond donors (Lipinski definition) is 1. The summed E-state index contributed by atoms with van der Waals surface area (Å²) in [6, 6.07) is 19.0. The van der Waals surface area contributed by atoms with Crippen molar-refractivity contribution in [1.29, 1.82) is 0 Å². The standard InChI is InChI=1S/C29H35ClN2O3S/c1-18(2)25-15-22(21-8-7-9-23(30)14-21)16-26(19(3)4)27(25)28(36(34)35)29(33)31-24-12-10-20(11-13-24)17-32(5)6/h7-16,18-19,28H,17H2,1-6H3,(H,31,33)(H,34,35)/p-1. The molecule has 3 aromatic carbocycles. The number of amides is 1. The van der Waals surface area contributed by atoms with E-state index >= 15 is 0 Å². The van der Waals surface area contributed by atoms with E-state index < -0.39 is 22.2 Å². The van der Waals surface area contributed by atoms with Gasteiger partial charge in [-0.05, 0) is 94.7 Å². The van der Waals surface area contributed by atoms with Crippen LogP contribution in [-0.4, -0.2) is 33.7 Å². The van der Waals surface area contributed by atoms with Gasteiger partial charge in [-0.25, -0.2) is 0 Å². The van der Waals surface area contributed by atoms with Gasteiger partial charge in [-0.15, -0.1) is 0 Å². The fourth-order valence-corrected chi connectivity index (χ4v) is 5.26. The van der Waals surface area contributed by atoms with Crippen molar-refractivity contribution < 1.29 is 13.6 Å². The molecule has 0 fully saturated rings. The van der Waals surface area contributed by atoms with E-state index in [0.717, 1.165) is 34.4 Å². The van der Waals surface area contributed by atoms with Gasteiger partial charge in [0.15, 0.2) is 0 Å². The van der Waals surface area contributed by atoms with Crippen molar-refractivity contribution in [3.63, 3.8) is 0 Å². The predicted molar refractivity (Wildman–Crippen MR) is 149 cm³/mol. The maximum atomic E-state index is 13.4. The Balaban J connectivity index is 2.08. The van der Waals surface area contributed by atoms with E-state index in [9.17, 15) is 13.6 Å². The number of nitrogens with zero attached hydrogens (tertiary/aromatic N) is 1. The SMILES string of the molecule is CC(C)c1cc(-c2cccc(Cl)c2)cc(C(C)C)c1C(C(=O)Nc1ccc(CN(C)C)cc1)S(=O)[O-]. The van der Waals surface area contributed by atoms with Gasteiger partial charge in [-0.3, -0.25) is 9.00 Å². The second-order valence-electron chi connectivity index (χ2n) is 9.95. The van der Waals surface area contributed by atoms with Gasteiger partial charge in [-0.2, -0.15) is 0 Å². The second-order valence-corrected chi connectivity index (χ2v) is 11.4. The first-order chi connectivity index (χ1) is 17.0. The molecular formula is C29H34ClN2O3S-. The first kappa shape index (κ1) is 28.1. The summed E-state index contributed by atoms with van der Waals surface area (Å²) in [7, 11) is 3.97. The van der Waals surface area contributed by atoms with E-state index in [1.54, 1.807) is 12.1 Å². The molecule has 0 aliphatic carbocycles. The molecule has 0 saturated carbocycles. The van der Waals surface area contributed by atoms with Crippen LogP contribution in [0.2, 0.25) is 5.02 Å². The molecule has 1 N–H and O–H groups in total. The van der Waals surface area contributed by atoms with Crippen molar-refractivity contribution in [3.05, 3.63) is 87.9 Å². The number of anilines is 1.